The Morgan fingerprint density at radius 2 is 1.84 bits per heavy atom. The molecule has 2 aromatic rings. The number of rotatable bonds is 3. The van der Waals surface area contributed by atoms with Gasteiger partial charge in [-0.25, -0.2) is 0 Å². The summed E-state index contributed by atoms with van der Waals surface area (Å²) in [5.41, 5.74) is 1.36. The first kappa shape index (κ1) is 16.0. The van der Waals surface area contributed by atoms with Crippen molar-refractivity contribution in [1.82, 2.24) is 20.1 Å². The highest BCUT2D eigenvalue weighted by Crippen LogP contribution is 2.09. The van der Waals surface area contributed by atoms with Crippen LogP contribution in [-0.4, -0.2) is 21.3 Å². The first-order chi connectivity index (χ1) is 8.43. The lowest BCUT2D eigenvalue weighted by Gasteiger charge is -2.15. The molecule has 0 fully saturated rings. The van der Waals surface area contributed by atoms with Gasteiger partial charge in [-0.05, 0) is 12.0 Å². The van der Waals surface area contributed by atoms with Crippen LogP contribution >= 0.6 is 24.8 Å². The van der Waals surface area contributed by atoms with Crippen LogP contribution in [0.15, 0.2) is 30.3 Å². The van der Waals surface area contributed by atoms with Crippen LogP contribution in [0.4, 0.5) is 0 Å². The van der Waals surface area contributed by atoms with E-state index in [2.05, 4.69) is 44.3 Å². The predicted molar refractivity (Wildman–Crippen MR) is 80.1 cm³/mol. The largest absolute Gasteiger partial charge is 0.313 e. The number of fused-ring (bicyclic) bond motifs is 1. The molecular formula is C13H18Cl2N4. The van der Waals surface area contributed by atoms with Gasteiger partial charge in [-0.15, -0.1) is 35.0 Å². The SMILES string of the molecule is Cl.Cl.c1ccc(CCc2nnc3n2CCNC3)cc1. The first-order valence-electron chi connectivity index (χ1n) is 6.09. The molecule has 1 aliphatic heterocycles. The van der Waals surface area contributed by atoms with Gasteiger partial charge in [0.2, 0.25) is 0 Å². The van der Waals surface area contributed by atoms with Crippen molar-refractivity contribution in [2.75, 3.05) is 6.54 Å². The summed E-state index contributed by atoms with van der Waals surface area (Å²) in [6.45, 7) is 2.86. The molecule has 0 bridgehead atoms. The van der Waals surface area contributed by atoms with E-state index in [4.69, 9.17) is 0 Å². The molecule has 3 rings (SSSR count). The minimum atomic E-state index is 0. The summed E-state index contributed by atoms with van der Waals surface area (Å²) in [5.74, 6) is 2.18. The monoisotopic (exact) mass is 300 g/mol. The maximum atomic E-state index is 4.29. The zero-order valence-corrected chi connectivity index (χ0v) is 12.2. The quantitative estimate of drug-likeness (QED) is 0.943. The molecule has 6 heteroatoms. The molecule has 0 radical (unpaired) electrons. The summed E-state index contributed by atoms with van der Waals surface area (Å²) in [7, 11) is 0. The third-order valence-corrected chi connectivity index (χ3v) is 3.18. The summed E-state index contributed by atoms with van der Waals surface area (Å²) < 4.78 is 2.25. The van der Waals surface area contributed by atoms with Crippen molar-refractivity contribution in [3.63, 3.8) is 0 Å². The molecule has 1 aromatic carbocycles. The summed E-state index contributed by atoms with van der Waals surface area (Å²) in [6, 6.07) is 10.5. The second-order valence-electron chi connectivity index (χ2n) is 4.35. The van der Waals surface area contributed by atoms with Crippen molar-refractivity contribution in [2.24, 2.45) is 0 Å². The molecule has 4 nitrogen and oxygen atoms in total. The molecule has 19 heavy (non-hydrogen) atoms. The fourth-order valence-corrected chi connectivity index (χ4v) is 2.24. The fraction of sp³-hybridized carbons (Fsp3) is 0.385. The number of hydrogen-bond acceptors (Lipinski definition) is 3. The van der Waals surface area contributed by atoms with E-state index in [0.717, 1.165) is 44.1 Å². The van der Waals surface area contributed by atoms with E-state index >= 15 is 0 Å². The molecule has 104 valence electrons. The highest BCUT2D eigenvalue weighted by atomic mass is 35.5. The Hall–Kier alpha value is -1.10. The molecular weight excluding hydrogens is 283 g/mol. The summed E-state index contributed by atoms with van der Waals surface area (Å²) >= 11 is 0. The Kier molecular flexibility index (Phi) is 6.28. The Labute approximate surface area is 125 Å². The zero-order chi connectivity index (χ0) is 11.5. The second-order valence-corrected chi connectivity index (χ2v) is 4.35. The maximum absolute atomic E-state index is 4.29. The number of halogens is 2. The lowest BCUT2D eigenvalue weighted by Crippen LogP contribution is -2.29. The van der Waals surface area contributed by atoms with Gasteiger partial charge in [-0.2, -0.15) is 0 Å². The van der Waals surface area contributed by atoms with Crippen LogP contribution in [0.25, 0.3) is 0 Å². The van der Waals surface area contributed by atoms with Crippen molar-refractivity contribution in [3.8, 4) is 0 Å². The zero-order valence-electron chi connectivity index (χ0n) is 10.6. The normalized spacial score (nSPS) is 13.1. The standard InChI is InChI=1S/C13H16N4.2ClH/c1-2-4-11(5-3-1)6-7-12-15-16-13-10-14-8-9-17(12)13;;/h1-5,14H,6-10H2;2*1H. The highest BCUT2D eigenvalue weighted by Gasteiger charge is 2.14. The Bertz CT molecular complexity index is 499. The molecule has 0 saturated carbocycles. The van der Waals surface area contributed by atoms with E-state index in [0.29, 0.717) is 0 Å². The minimum Gasteiger partial charge on any atom is -0.313 e. The predicted octanol–water partition coefficient (Wildman–Crippen LogP) is 2.01. The van der Waals surface area contributed by atoms with Crippen LogP contribution in [0.1, 0.15) is 17.2 Å². The molecule has 2 heterocycles. The number of nitrogens with zero attached hydrogens (tertiary/aromatic N) is 3. The Morgan fingerprint density at radius 3 is 2.63 bits per heavy atom. The molecule has 0 atom stereocenters. The molecule has 1 aromatic heterocycles. The van der Waals surface area contributed by atoms with Gasteiger partial charge in [0, 0.05) is 19.5 Å². The lowest BCUT2D eigenvalue weighted by atomic mass is 10.1. The smallest absolute Gasteiger partial charge is 0.147 e. The average molecular weight is 301 g/mol. The minimum absolute atomic E-state index is 0. The van der Waals surface area contributed by atoms with Crippen LogP contribution in [0, 0.1) is 0 Å². The summed E-state index contributed by atoms with van der Waals surface area (Å²) in [6.07, 6.45) is 2.00. The molecule has 0 spiro atoms. The van der Waals surface area contributed by atoms with Gasteiger partial charge in [-0.3, -0.25) is 0 Å². The molecule has 0 saturated heterocycles. The van der Waals surface area contributed by atoms with Crippen LogP contribution in [-0.2, 0) is 25.9 Å². The third kappa shape index (κ3) is 3.69. The first-order valence-corrected chi connectivity index (χ1v) is 6.09. The topological polar surface area (TPSA) is 42.7 Å². The van der Waals surface area contributed by atoms with Gasteiger partial charge in [-0.1, -0.05) is 30.3 Å². The van der Waals surface area contributed by atoms with E-state index < -0.39 is 0 Å². The van der Waals surface area contributed by atoms with Gasteiger partial charge in [0.1, 0.15) is 11.6 Å². The van der Waals surface area contributed by atoms with Crippen LogP contribution < -0.4 is 5.32 Å². The van der Waals surface area contributed by atoms with E-state index in [1.807, 2.05) is 6.07 Å². The van der Waals surface area contributed by atoms with E-state index in [9.17, 15) is 0 Å². The van der Waals surface area contributed by atoms with Crippen molar-refractivity contribution in [3.05, 3.63) is 47.5 Å². The maximum Gasteiger partial charge on any atom is 0.147 e. The van der Waals surface area contributed by atoms with Crippen molar-refractivity contribution in [1.29, 1.82) is 0 Å². The summed E-state index contributed by atoms with van der Waals surface area (Å²) in [5, 5.41) is 11.8. The number of nitrogens with one attached hydrogen (secondary N) is 1. The van der Waals surface area contributed by atoms with Crippen molar-refractivity contribution >= 4 is 24.8 Å². The van der Waals surface area contributed by atoms with Crippen molar-refractivity contribution < 1.29 is 0 Å². The number of hydrogen-bond donors (Lipinski definition) is 1. The molecule has 0 aliphatic carbocycles. The Balaban J connectivity index is 0.000000902. The molecule has 1 N–H and O–H groups in total. The van der Waals surface area contributed by atoms with Crippen LogP contribution in [0.5, 0.6) is 0 Å². The summed E-state index contributed by atoms with van der Waals surface area (Å²) in [4.78, 5) is 0. The average Bonchev–Trinajstić information content (AvgIpc) is 2.81. The van der Waals surface area contributed by atoms with Gasteiger partial charge in [0.25, 0.3) is 0 Å². The second kappa shape index (κ2) is 7.48. The number of aromatic nitrogens is 3. The fourth-order valence-electron chi connectivity index (χ4n) is 2.24. The number of benzene rings is 1. The van der Waals surface area contributed by atoms with Gasteiger partial charge in [0.15, 0.2) is 0 Å². The van der Waals surface area contributed by atoms with Gasteiger partial charge >= 0.3 is 0 Å². The molecule has 0 unspecified atom stereocenters. The third-order valence-electron chi connectivity index (χ3n) is 3.18. The van der Waals surface area contributed by atoms with E-state index in [-0.39, 0.29) is 24.8 Å². The van der Waals surface area contributed by atoms with Crippen LogP contribution in [0.2, 0.25) is 0 Å². The highest BCUT2D eigenvalue weighted by molar-refractivity contribution is 5.85. The van der Waals surface area contributed by atoms with Crippen molar-refractivity contribution in [2.45, 2.75) is 25.9 Å². The van der Waals surface area contributed by atoms with Crippen LogP contribution in [0.3, 0.4) is 0 Å². The lowest BCUT2D eigenvalue weighted by molar-refractivity contribution is 0.493. The van der Waals surface area contributed by atoms with E-state index in [1.54, 1.807) is 0 Å². The Morgan fingerprint density at radius 1 is 1.05 bits per heavy atom. The molecule has 1 aliphatic rings. The van der Waals surface area contributed by atoms with E-state index in [1.165, 1.54) is 5.56 Å². The van der Waals surface area contributed by atoms with Gasteiger partial charge < -0.3 is 9.88 Å². The van der Waals surface area contributed by atoms with Gasteiger partial charge in [0.05, 0.1) is 6.54 Å². The molecule has 0 amide bonds. The number of aryl methyl sites for hydroxylation is 2.